The highest BCUT2D eigenvalue weighted by atomic mass is 16.5. The van der Waals surface area contributed by atoms with Crippen LogP contribution in [0.3, 0.4) is 0 Å². The number of hydrogen-bond acceptors (Lipinski definition) is 4. The lowest BCUT2D eigenvalue weighted by molar-refractivity contribution is -0.0157. The van der Waals surface area contributed by atoms with E-state index >= 15 is 0 Å². The quantitative estimate of drug-likeness (QED) is 0.566. The molecule has 0 aromatic carbocycles. The van der Waals surface area contributed by atoms with E-state index < -0.39 is 0 Å². The molecule has 0 radical (unpaired) electrons. The third-order valence-corrected chi connectivity index (χ3v) is 2.46. The zero-order valence-corrected chi connectivity index (χ0v) is 8.21. The minimum absolute atomic E-state index is 0.130. The first-order valence-electron chi connectivity index (χ1n) is 4.77. The first-order chi connectivity index (χ1) is 6.33. The summed E-state index contributed by atoms with van der Waals surface area (Å²) in [6.45, 7) is 3.35. The van der Waals surface area contributed by atoms with Gasteiger partial charge in [0.05, 0.1) is 6.61 Å². The molecule has 1 atom stereocenters. The molecule has 2 N–H and O–H groups in total. The predicted molar refractivity (Wildman–Crippen MR) is 49.7 cm³/mol. The fraction of sp³-hybridized carbons (Fsp3) is 1.00. The monoisotopic (exact) mass is 189 g/mol. The predicted octanol–water partition coefficient (Wildman–Crippen LogP) is -0.236. The second kappa shape index (κ2) is 5.54. The number of hydrogen-bond donors (Lipinski definition) is 2. The standard InChI is InChI=1S/C9H19NO3/c1-12-9(3-6-13-8-9)7-10-4-2-5-11/h10-11H,2-8H2,1H3. The van der Waals surface area contributed by atoms with Crippen molar-refractivity contribution in [1.82, 2.24) is 5.32 Å². The zero-order chi connectivity index (χ0) is 9.57. The van der Waals surface area contributed by atoms with Gasteiger partial charge >= 0.3 is 0 Å². The van der Waals surface area contributed by atoms with E-state index in [-0.39, 0.29) is 12.2 Å². The van der Waals surface area contributed by atoms with Gasteiger partial charge in [0, 0.05) is 33.3 Å². The molecule has 0 spiro atoms. The average molecular weight is 189 g/mol. The Morgan fingerprint density at radius 2 is 2.46 bits per heavy atom. The molecule has 13 heavy (non-hydrogen) atoms. The average Bonchev–Trinajstić information content (AvgIpc) is 2.62. The van der Waals surface area contributed by atoms with E-state index in [9.17, 15) is 0 Å². The first kappa shape index (κ1) is 10.9. The topological polar surface area (TPSA) is 50.7 Å². The fourth-order valence-corrected chi connectivity index (χ4v) is 1.48. The van der Waals surface area contributed by atoms with Crippen molar-refractivity contribution in [2.45, 2.75) is 18.4 Å². The number of rotatable bonds is 6. The van der Waals surface area contributed by atoms with Crippen LogP contribution in [-0.2, 0) is 9.47 Å². The van der Waals surface area contributed by atoms with Gasteiger partial charge in [-0.2, -0.15) is 0 Å². The Labute approximate surface area is 79.2 Å². The summed E-state index contributed by atoms with van der Waals surface area (Å²) in [5.74, 6) is 0. The van der Waals surface area contributed by atoms with Gasteiger partial charge in [0.15, 0.2) is 0 Å². The Morgan fingerprint density at radius 1 is 1.62 bits per heavy atom. The molecule has 0 aromatic heterocycles. The largest absolute Gasteiger partial charge is 0.396 e. The molecule has 0 bridgehead atoms. The molecule has 1 rings (SSSR count). The lowest BCUT2D eigenvalue weighted by atomic mass is 10.0. The van der Waals surface area contributed by atoms with E-state index in [2.05, 4.69) is 5.32 Å². The van der Waals surface area contributed by atoms with Gasteiger partial charge in [-0.25, -0.2) is 0 Å². The minimum Gasteiger partial charge on any atom is -0.396 e. The van der Waals surface area contributed by atoms with Crippen molar-refractivity contribution < 1.29 is 14.6 Å². The molecule has 0 amide bonds. The Balaban J connectivity index is 2.16. The maximum Gasteiger partial charge on any atom is 0.106 e. The summed E-state index contributed by atoms with van der Waals surface area (Å²) >= 11 is 0. The first-order valence-corrected chi connectivity index (χ1v) is 4.77. The molecule has 0 aliphatic carbocycles. The molecule has 1 unspecified atom stereocenters. The van der Waals surface area contributed by atoms with Crippen LogP contribution in [0.2, 0.25) is 0 Å². The number of ether oxygens (including phenoxy) is 2. The summed E-state index contributed by atoms with van der Waals surface area (Å²) in [5.41, 5.74) is -0.130. The molecule has 4 nitrogen and oxygen atoms in total. The third-order valence-electron chi connectivity index (χ3n) is 2.46. The Bertz CT molecular complexity index is 135. The number of aliphatic hydroxyl groups excluding tert-OH is 1. The highest BCUT2D eigenvalue weighted by molar-refractivity contribution is 4.86. The van der Waals surface area contributed by atoms with E-state index in [4.69, 9.17) is 14.6 Å². The lowest BCUT2D eigenvalue weighted by Crippen LogP contribution is -2.43. The highest BCUT2D eigenvalue weighted by Crippen LogP contribution is 2.21. The van der Waals surface area contributed by atoms with E-state index in [1.807, 2.05) is 0 Å². The molecule has 0 aromatic rings. The van der Waals surface area contributed by atoms with Crippen molar-refractivity contribution in [3.8, 4) is 0 Å². The van der Waals surface area contributed by atoms with Gasteiger partial charge in [0.2, 0.25) is 0 Å². The third kappa shape index (κ3) is 3.23. The van der Waals surface area contributed by atoms with Crippen LogP contribution in [0.4, 0.5) is 0 Å². The van der Waals surface area contributed by atoms with Gasteiger partial charge < -0.3 is 19.9 Å². The van der Waals surface area contributed by atoms with Gasteiger partial charge in [-0.05, 0) is 13.0 Å². The van der Waals surface area contributed by atoms with Crippen molar-refractivity contribution in [1.29, 1.82) is 0 Å². The number of methoxy groups -OCH3 is 1. The van der Waals surface area contributed by atoms with Crippen molar-refractivity contribution in [3.63, 3.8) is 0 Å². The molecular formula is C9H19NO3. The van der Waals surface area contributed by atoms with Gasteiger partial charge in [0.25, 0.3) is 0 Å². The maximum atomic E-state index is 8.58. The summed E-state index contributed by atoms with van der Waals surface area (Å²) in [5, 5.41) is 11.8. The second-order valence-electron chi connectivity index (χ2n) is 3.44. The number of nitrogens with one attached hydrogen (secondary N) is 1. The van der Waals surface area contributed by atoms with E-state index in [1.54, 1.807) is 7.11 Å². The Hall–Kier alpha value is -0.160. The van der Waals surface area contributed by atoms with Gasteiger partial charge in [-0.15, -0.1) is 0 Å². The Kier molecular flexibility index (Phi) is 4.66. The SMILES string of the molecule is COC1(CNCCCO)CCOC1. The van der Waals surface area contributed by atoms with Gasteiger partial charge in [-0.3, -0.25) is 0 Å². The van der Waals surface area contributed by atoms with Crippen molar-refractivity contribution >= 4 is 0 Å². The van der Waals surface area contributed by atoms with Crippen LogP contribution in [-0.4, -0.2) is 50.7 Å². The fourth-order valence-electron chi connectivity index (χ4n) is 1.48. The molecule has 1 fully saturated rings. The van der Waals surface area contributed by atoms with E-state index in [0.717, 1.165) is 32.5 Å². The maximum absolute atomic E-state index is 8.58. The number of aliphatic hydroxyl groups is 1. The van der Waals surface area contributed by atoms with Crippen LogP contribution in [0, 0.1) is 0 Å². The molecule has 1 heterocycles. The van der Waals surface area contributed by atoms with Gasteiger partial charge in [0.1, 0.15) is 5.60 Å². The van der Waals surface area contributed by atoms with Crippen molar-refractivity contribution in [2.24, 2.45) is 0 Å². The summed E-state index contributed by atoms with van der Waals surface area (Å²) in [6, 6.07) is 0. The molecule has 78 valence electrons. The molecule has 1 aliphatic rings. The van der Waals surface area contributed by atoms with Crippen LogP contribution in [0.5, 0.6) is 0 Å². The normalized spacial score (nSPS) is 28.2. The summed E-state index contributed by atoms with van der Waals surface area (Å²) in [7, 11) is 1.72. The summed E-state index contributed by atoms with van der Waals surface area (Å²) in [4.78, 5) is 0. The lowest BCUT2D eigenvalue weighted by Gasteiger charge is -2.25. The highest BCUT2D eigenvalue weighted by Gasteiger charge is 2.34. The van der Waals surface area contributed by atoms with Gasteiger partial charge in [-0.1, -0.05) is 0 Å². The van der Waals surface area contributed by atoms with E-state index in [1.165, 1.54) is 0 Å². The van der Waals surface area contributed by atoms with Crippen LogP contribution < -0.4 is 5.32 Å². The molecule has 1 aliphatic heterocycles. The summed E-state index contributed by atoms with van der Waals surface area (Å²) in [6.07, 6.45) is 1.75. The van der Waals surface area contributed by atoms with Crippen molar-refractivity contribution in [2.75, 3.05) is 40.0 Å². The minimum atomic E-state index is -0.130. The molecule has 1 saturated heterocycles. The smallest absolute Gasteiger partial charge is 0.106 e. The van der Waals surface area contributed by atoms with Crippen LogP contribution in [0.15, 0.2) is 0 Å². The molecule has 4 heteroatoms. The summed E-state index contributed by atoms with van der Waals surface area (Å²) < 4.78 is 10.7. The Morgan fingerprint density at radius 3 is 3.00 bits per heavy atom. The molecule has 0 saturated carbocycles. The van der Waals surface area contributed by atoms with Crippen LogP contribution >= 0.6 is 0 Å². The second-order valence-corrected chi connectivity index (χ2v) is 3.44. The van der Waals surface area contributed by atoms with Crippen LogP contribution in [0.1, 0.15) is 12.8 Å². The van der Waals surface area contributed by atoms with E-state index in [0.29, 0.717) is 6.61 Å². The molecular weight excluding hydrogens is 170 g/mol. The zero-order valence-electron chi connectivity index (χ0n) is 8.21. The van der Waals surface area contributed by atoms with Crippen molar-refractivity contribution in [3.05, 3.63) is 0 Å². The van der Waals surface area contributed by atoms with Crippen LogP contribution in [0.25, 0.3) is 0 Å².